The first-order valence-corrected chi connectivity index (χ1v) is 11.5. The third-order valence-corrected chi connectivity index (χ3v) is 7.19. The Morgan fingerprint density at radius 3 is 1.09 bits per heavy atom. The summed E-state index contributed by atoms with van der Waals surface area (Å²) in [6.07, 6.45) is -0.345. The fourth-order valence-corrected chi connectivity index (χ4v) is 4.08. The van der Waals surface area contributed by atoms with E-state index in [0.29, 0.717) is 11.1 Å². The van der Waals surface area contributed by atoms with Gasteiger partial charge in [-0.1, -0.05) is 0 Å². The molecule has 2 aromatic carbocycles. The van der Waals surface area contributed by atoms with Crippen LogP contribution in [0.3, 0.4) is 0 Å². The van der Waals surface area contributed by atoms with E-state index in [2.05, 4.69) is 6.92 Å². The second-order valence-electron chi connectivity index (χ2n) is 8.83. The number of hydrogen-bond acceptors (Lipinski definition) is 7. The SMILES string of the molecule is [CH2]COC[C](OOC(=O)c1c(C)c(C)c(C)c(C)c1C)OOC(=O)c1c(C)c(C)c(C)c(C)c1C. The molecule has 2 aromatic rings. The molecule has 0 amide bonds. The standard InChI is InChI=1S/C28H36O7/c1-12-31-13-24(32-34-27(29)25-20(8)16(4)14(2)17(5)21(25)9)33-35-28(30)26-22(10)18(6)15(3)19(7)23(26)11/h1,12-13H2,2-11H3. The van der Waals surface area contributed by atoms with Gasteiger partial charge in [0.15, 0.2) is 0 Å². The van der Waals surface area contributed by atoms with Crippen molar-refractivity contribution < 1.29 is 33.9 Å². The van der Waals surface area contributed by atoms with Gasteiger partial charge in [-0.15, -0.1) is 9.78 Å². The molecule has 0 spiro atoms. The summed E-state index contributed by atoms with van der Waals surface area (Å²) >= 11 is 0. The van der Waals surface area contributed by atoms with Crippen molar-refractivity contribution in [3.63, 3.8) is 0 Å². The van der Waals surface area contributed by atoms with Gasteiger partial charge >= 0.3 is 18.2 Å². The zero-order chi connectivity index (χ0) is 26.6. The van der Waals surface area contributed by atoms with Crippen molar-refractivity contribution in [2.75, 3.05) is 13.2 Å². The van der Waals surface area contributed by atoms with Crippen LogP contribution in [0.15, 0.2) is 0 Å². The maximum absolute atomic E-state index is 12.9. The van der Waals surface area contributed by atoms with Crippen LogP contribution < -0.4 is 0 Å². The molecular weight excluding hydrogens is 448 g/mol. The van der Waals surface area contributed by atoms with Gasteiger partial charge in [-0.05, 0) is 132 Å². The maximum atomic E-state index is 12.9. The minimum absolute atomic E-state index is 0.0985. The summed E-state index contributed by atoms with van der Waals surface area (Å²) in [5, 5.41) is 0. The van der Waals surface area contributed by atoms with Crippen LogP contribution in [-0.2, 0) is 24.3 Å². The molecule has 0 bridgehead atoms. The highest BCUT2D eigenvalue weighted by Crippen LogP contribution is 2.28. The molecular formula is C28H36O7. The molecule has 35 heavy (non-hydrogen) atoms. The molecule has 0 atom stereocenters. The van der Waals surface area contributed by atoms with Crippen LogP contribution in [-0.4, -0.2) is 25.2 Å². The molecule has 0 fully saturated rings. The summed E-state index contributed by atoms with van der Waals surface area (Å²) in [6, 6.07) is 0. The van der Waals surface area contributed by atoms with Gasteiger partial charge in [-0.3, -0.25) is 9.78 Å². The van der Waals surface area contributed by atoms with Gasteiger partial charge in [0.25, 0.3) is 0 Å². The van der Waals surface area contributed by atoms with Crippen LogP contribution in [0.1, 0.15) is 76.4 Å². The first-order valence-electron chi connectivity index (χ1n) is 11.5. The average molecular weight is 485 g/mol. The molecule has 2 radical (unpaired) electrons. The quantitative estimate of drug-likeness (QED) is 0.319. The minimum atomic E-state index is -0.690. The molecule has 0 aliphatic rings. The van der Waals surface area contributed by atoms with Crippen molar-refractivity contribution in [3.8, 4) is 0 Å². The van der Waals surface area contributed by atoms with Gasteiger partial charge in [0.1, 0.15) is 6.61 Å². The molecule has 7 nitrogen and oxygen atoms in total. The molecule has 0 unspecified atom stereocenters. The topological polar surface area (TPSA) is 80.3 Å². The van der Waals surface area contributed by atoms with Gasteiger partial charge in [0.05, 0.1) is 11.1 Å². The normalized spacial score (nSPS) is 11.2. The Balaban J connectivity index is 2.18. The minimum Gasteiger partial charge on any atom is -0.375 e. The molecule has 2 rings (SSSR count). The molecule has 0 aromatic heterocycles. The highest BCUT2D eigenvalue weighted by Gasteiger charge is 2.26. The molecule has 0 aliphatic carbocycles. The van der Waals surface area contributed by atoms with E-state index in [1.165, 1.54) is 0 Å². The van der Waals surface area contributed by atoms with Crippen LogP contribution in [0, 0.1) is 82.5 Å². The number of ether oxygens (including phenoxy) is 1. The second kappa shape index (κ2) is 11.8. The molecule has 190 valence electrons. The fourth-order valence-electron chi connectivity index (χ4n) is 4.08. The Labute approximate surface area is 208 Å². The third kappa shape index (κ3) is 5.92. The van der Waals surface area contributed by atoms with Crippen molar-refractivity contribution in [1.29, 1.82) is 0 Å². The lowest BCUT2D eigenvalue weighted by Crippen LogP contribution is -2.22. The molecule has 0 saturated heterocycles. The summed E-state index contributed by atoms with van der Waals surface area (Å²) in [7, 11) is 0. The Morgan fingerprint density at radius 2 is 0.800 bits per heavy atom. The summed E-state index contributed by atoms with van der Waals surface area (Å²) in [5.74, 6) is -1.38. The molecule has 0 heterocycles. The lowest BCUT2D eigenvalue weighted by molar-refractivity contribution is -0.368. The average Bonchev–Trinajstić information content (AvgIpc) is 2.83. The van der Waals surface area contributed by atoms with E-state index in [0.717, 1.165) is 55.6 Å². The molecule has 0 saturated carbocycles. The van der Waals surface area contributed by atoms with Crippen LogP contribution in [0.5, 0.6) is 0 Å². The number of carbonyl (C=O) groups excluding carboxylic acids is 2. The van der Waals surface area contributed by atoms with Gasteiger partial charge in [-0.2, -0.15) is 0 Å². The molecule has 0 N–H and O–H groups in total. The smallest absolute Gasteiger partial charge is 0.373 e. The largest absolute Gasteiger partial charge is 0.375 e. The van der Waals surface area contributed by atoms with Crippen LogP contribution in [0.25, 0.3) is 0 Å². The Bertz CT molecular complexity index is 988. The van der Waals surface area contributed by atoms with E-state index in [1.54, 1.807) is 0 Å². The predicted molar refractivity (Wildman–Crippen MR) is 133 cm³/mol. The van der Waals surface area contributed by atoms with Gasteiger partial charge in [-0.25, -0.2) is 9.59 Å². The zero-order valence-electron chi connectivity index (χ0n) is 22.5. The van der Waals surface area contributed by atoms with Crippen molar-refractivity contribution in [2.45, 2.75) is 69.2 Å². The number of benzene rings is 2. The monoisotopic (exact) mass is 484 g/mol. The zero-order valence-corrected chi connectivity index (χ0v) is 22.5. The van der Waals surface area contributed by atoms with Crippen LogP contribution in [0.2, 0.25) is 0 Å². The number of hydrogen-bond donors (Lipinski definition) is 0. The first kappa shape index (κ1) is 28.5. The van der Waals surface area contributed by atoms with Crippen molar-refractivity contribution in [2.24, 2.45) is 0 Å². The van der Waals surface area contributed by atoms with Gasteiger partial charge in [0, 0.05) is 6.61 Å². The van der Waals surface area contributed by atoms with E-state index in [-0.39, 0.29) is 19.5 Å². The van der Waals surface area contributed by atoms with Crippen molar-refractivity contribution >= 4 is 11.9 Å². The lowest BCUT2D eigenvalue weighted by atomic mass is 9.90. The number of rotatable bonds is 9. The van der Waals surface area contributed by atoms with E-state index in [9.17, 15) is 9.59 Å². The van der Waals surface area contributed by atoms with E-state index < -0.39 is 11.9 Å². The molecule has 7 heteroatoms. The van der Waals surface area contributed by atoms with E-state index in [4.69, 9.17) is 24.3 Å². The molecule has 0 aliphatic heterocycles. The first-order chi connectivity index (χ1) is 16.3. The van der Waals surface area contributed by atoms with Crippen molar-refractivity contribution in [1.82, 2.24) is 0 Å². The summed E-state index contributed by atoms with van der Waals surface area (Å²) < 4.78 is 5.19. The van der Waals surface area contributed by atoms with E-state index >= 15 is 0 Å². The Morgan fingerprint density at radius 1 is 0.514 bits per heavy atom. The Kier molecular flexibility index (Phi) is 9.60. The summed E-state index contributed by atoms with van der Waals surface area (Å²) in [5.41, 5.74) is 10.3. The van der Waals surface area contributed by atoms with Gasteiger partial charge < -0.3 is 4.74 Å². The predicted octanol–water partition coefficient (Wildman–Crippen LogP) is 5.99. The van der Waals surface area contributed by atoms with Crippen LogP contribution in [0.4, 0.5) is 0 Å². The van der Waals surface area contributed by atoms with Crippen molar-refractivity contribution in [3.05, 3.63) is 80.0 Å². The van der Waals surface area contributed by atoms with E-state index in [1.807, 2.05) is 69.2 Å². The Hall–Kier alpha value is -2.74. The summed E-state index contributed by atoms with van der Waals surface area (Å²) in [4.78, 5) is 46.0. The third-order valence-electron chi connectivity index (χ3n) is 7.19. The maximum Gasteiger partial charge on any atom is 0.373 e. The summed E-state index contributed by atoms with van der Waals surface area (Å²) in [6.45, 7) is 22.7. The lowest BCUT2D eigenvalue weighted by Gasteiger charge is -2.19. The van der Waals surface area contributed by atoms with Crippen LogP contribution >= 0.6 is 0 Å². The van der Waals surface area contributed by atoms with Gasteiger partial charge in [0.2, 0.25) is 0 Å². The fraction of sp³-hybridized carbons (Fsp3) is 0.429. The second-order valence-corrected chi connectivity index (χ2v) is 8.83. The highest BCUT2D eigenvalue weighted by molar-refractivity contribution is 5.94. The highest BCUT2D eigenvalue weighted by atomic mass is 17.3. The number of carbonyl (C=O) groups is 2.